The van der Waals surface area contributed by atoms with Crippen LogP contribution in [0.15, 0.2) is 18.2 Å². The van der Waals surface area contributed by atoms with Crippen molar-refractivity contribution in [1.82, 2.24) is 9.78 Å². The van der Waals surface area contributed by atoms with Crippen molar-refractivity contribution in [2.45, 2.75) is 0 Å². The lowest BCUT2D eigenvalue weighted by atomic mass is 10.1. The van der Waals surface area contributed by atoms with Crippen LogP contribution >= 0.6 is 11.6 Å². The Morgan fingerprint density at radius 1 is 1.53 bits per heavy atom. The Morgan fingerprint density at radius 3 is 2.74 bits per heavy atom. The number of aryl methyl sites for hydroxylation is 1. The molecule has 0 spiro atoms. The van der Waals surface area contributed by atoms with Crippen LogP contribution in [0.25, 0.3) is 11.3 Å². The van der Waals surface area contributed by atoms with Gasteiger partial charge in [0.2, 0.25) is 0 Å². The smallest absolute Gasteiger partial charge is 0.356 e. The molecule has 0 aliphatic rings. The Morgan fingerprint density at radius 2 is 2.21 bits per heavy atom. The standard InChI is InChI=1S/C12H10ClFN2O3/c1-16-8(5-7(15-16)12(17)18)6-3-4-9(19-2)10(13)11(6)14/h3-5H,1-2H3,(H,17,18). The third-order valence-corrected chi connectivity index (χ3v) is 2.99. The minimum Gasteiger partial charge on any atom is -0.495 e. The van der Waals surface area contributed by atoms with E-state index in [0.29, 0.717) is 5.69 Å². The number of nitrogens with zero attached hydrogens (tertiary/aromatic N) is 2. The first kappa shape index (κ1) is 13.4. The monoisotopic (exact) mass is 284 g/mol. The number of methoxy groups -OCH3 is 1. The van der Waals surface area contributed by atoms with Crippen molar-refractivity contribution in [2.75, 3.05) is 7.11 Å². The van der Waals surface area contributed by atoms with Crippen molar-refractivity contribution < 1.29 is 19.0 Å². The molecule has 2 rings (SSSR count). The average molecular weight is 285 g/mol. The van der Waals surface area contributed by atoms with Crippen molar-refractivity contribution in [2.24, 2.45) is 7.05 Å². The fourth-order valence-electron chi connectivity index (χ4n) is 1.71. The van der Waals surface area contributed by atoms with E-state index in [1.807, 2.05) is 0 Å². The van der Waals surface area contributed by atoms with Crippen LogP contribution in [0, 0.1) is 5.82 Å². The molecule has 1 N–H and O–H groups in total. The highest BCUT2D eigenvalue weighted by Crippen LogP contribution is 2.34. The molecule has 0 saturated carbocycles. The largest absolute Gasteiger partial charge is 0.495 e. The van der Waals surface area contributed by atoms with Gasteiger partial charge in [0, 0.05) is 12.6 Å². The van der Waals surface area contributed by atoms with Crippen molar-refractivity contribution in [3.05, 3.63) is 34.7 Å². The highest BCUT2D eigenvalue weighted by atomic mass is 35.5. The predicted octanol–water partition coefficient (Wildman–Crippen LogP) is 2.59. The van der Waals surface area contributed by atoms with Gasteiger partial charge in [0.1, 0.15) is 10.8 Å². The van der Waals surface area contributed by atoms with Crippen LogP contribution in [0.2, 0.25) is 5.02 Å². The molecule has 7 heteroatoms. The molecule has 0 amide bonds. The quantitative estimate of drug-likeness (QED) is 0.941. The van der Waals surface area contributed by atoms with E-state index >= 15 is 0 Å². The summed E-state index contributed by atoms with van der Waals surface area (Å²) >= 11 is 5.82. The number of carboxylic acids is 1. The topological polar surface area (TPSA) is 64.3 Å². The lowest BCUT2D eigenvalue weighted by molar-refractivity contribution is 0.0689. The number of aromatic carboxylic acids is 1. The second kappa shape index (κ2) is 4.89. The number of aromatic nitrogens is 2. The van der Waals surface area contributed by atoms with Crippen LogP contribution in [0.1, 0.15) is 10.5 Å². The molecule has 1 aromatic heterocycles. The molecule has 0 radical (unpaired) electrons. The van der Waals surface area contributed by atoms with Gasteiger partial charge < -0.3 is 9.84 Å². The van der Waals surface area contributed by atoms with Crippen molar-refractivity contribution in [1.29, 1.82) is 0 Å². The summed E-state index contributed by atoms with van der Waals surface area (Å²) in [6.07, 6.45) is 0. The van der Waals surface area contributed by atoms with Gasteiger partial charge in [-0.25, -0.2) is 9.18 Å². The molecular weight excluding hydrogens is 275 g/mol. The Labute approximate surface area is 113 Å². The van der Waals surface area contributed by atoms with Gasteiger partial charge in [-0.2, -0.15) is 5.10 Å². The van der Waals surface area contributed by atoms with E-state index in [2.05, 4.69) is 5.10 Å². The zero-order chi connectivity index (χ0) is 14.2. The number of ether oxygens (including phenoxy) is 1. The molecule has 0 fully saturated rings. The van der Waals surface area contributed by atoms with Crippen LogP contribution in [-0.2, 0) is 7.05 Å². The zero-order valence-corrected chi connectivity index (χ0v) is 10.9. The third kappa shape index (κ3) is 2.26. The Kier molecular flexibility index (Phi) is 3.44. The number of carbonyl (C=O) groups is 1. The summed E-state index contributed by atoms with van der Waals surface area (Å²) < 4.78 is 20.3. The Bertz CT molecular complexity index is 655. The summed E-state index contributed by atoms with van der Waals surface area (Å²) in [4.78, 5) is 10.8. The first-order valence-corrected chi connectivity index (χ1v) is 5.63. The van der Waals surface area contributed by atoms with Crippen LogP contribution in [0.5, 0.6) is 5.75 Å². The molecule has 1 aromatic carbocycles. The summed E-state index contributed by atoms with van der Waals surface area (Å²) in [5, 5.41) is 12.5. The van der Waals surface area contributed by atoms with Crippen LogP contribution in [-0.4, -0.2) is 28.0 Å². The molecule has 19 heavy (non-hydrogen) atoms. The Balaban J connectivity index is 2.59. The molecule has 2 aromatic rings. The van der Waals surface area contributed by atoms with E-state index in [1.54, 1.807) is 0 Å². The van der Waals surface area contributed by atoms with Gasteiger partial charge in [-0.05, 0) is 18.2 Å². The van der Waals surface area contributed by atoms with Gasteiger partial charge in [0.25, 0.3) is 0 Å². The minimum atomic E-state index is -1.18. The van der Waals surface area contributed by atoms with E-state index in [9.17, 15) is 9.18 Å². The number of carboxylic acid groups (broad SMARTS) is 1. The molecular formula is C12H10ClFN2O3. The summed E-state index contributed by atoms with van der Waals surface area (Å²) in [6, 6.07) is 4.25. The molecule has 1 heterocycles. The zero-order valence-electron chi connectivity index (χ0n) is 10.1. The van der Waals surface area contributed by atoms with Gasteiger partial charge >= 0.3 is 5.97 Å². The van der Waals surface area contributed by atoms with Gasteiger partial charge in [-0.1, -0.05) is 11.6 Å². The molecule has 0 unspecified atom stereocenters. The SMILES string of the molecule is COc1ccc(-c2cc(C(=O)O)nn2C)c(F)c1Cl. The number of hydrogen-bond donors (Lipinski definition) is 1. The minimum absolute atomic E-state index is 0.155. The van der Waals surface area contributed by atoms with E-state index in [1.165, 1.54) is 37.0 Å². The van der Waals surface area contributed by atoms with Crippen LogP contribution in [0.3, 0.4) is 0 Å². The summed E-state index contributed by atoms with van der Waals surface area (Å²) in [7, 11) is 2.91. The fraction of sp³-hybridized carbons (Fsp3) is 0.167. The molecule has 0 aliphatic carbocycles. The predicted molar refractivity (Wildman–Crippen MR) is 67.1 cm³/mol. The highest BCUT2D eigenvalue weighted by molar-refractivity contribution is 6.32. The number of halogens is 2. The average Bonchev–Trinajstić information content (AvgIpc) is 2.75. The lowest BCUT2D eigenvalue weighted by Crippen LogP contribution is -2.00. The van der Waals surface area contributed by atoms with E-state index in [0.717, 1.165) is 0 Å². The third-order valence-electron chi connectivity index (χ3n) is 2.64. The van der Waals surface area contributed by atoms with E-state index in [4.69, 9.17) is 21.4 Å². The second-order valence-electron chi connectivity index (χ2n) is 3.79. The summed E-state index contributed by atoms with van der Waals surface area (Å²) in [5.41, 5.74) is 0.316. The molecule has 0 atom stereocenters. The normalized spacial score (nSPS) is 10.5. The summed E-state index contributed by atoms with van der Waals surface area (Å²) in [6.45, 7) is 0. The maximum Gasteiger partial charge on any atom is 0.356 e. The molecule has 0 aliphatic heterocycles. The first-order valence-electron chi connectivity index (χ1n) is 5.25. The van der Waals surface area contributed by atoms with Crippen molar-refractivity contribution >= 4 is 17.6 Å². The Hall–Kier alpha value is -2.08. The second-order valence-corrected chi connectivity index (χ2v) is 4.16. The van der Waals surface area contributed by atoms with Crippen molar-refractivity contribution in [3.8, 4) is 17.0 Å². The maximum absolute atomic E-state index is 14.1. The number of rotatable bonds is 3. The molecule has 100 valence electrons. The lowest BCUT2D eigenvalue weighted by Gasteiger charge is -2.08. The van der Waals surface area contributed by atoms with Gasteiger partial charge in [0.05, 0.1) is 12.8 Å². The maximum atomic E-state index is 14.1. The fourth-order valence-corrected chi connectivity index (χ4v) is 1.95. The van der Waals surface area contributed by atoms with E-state index in [-0.39, 0.29) is 22.0 Å². The van der Waals surface area contributed by atoms with E-state index < -0.39 is 11.8 Å². The highest BCUT2D eigenvalue weighted by Gasteiger charge is 2.18. The first-order chi connectivity index (χ1) is 8.95. The van der Waals surface area contributed by atoms with Gasteiger partial charge in [-0.3, -0.25) is 4.68 Å². The number of hydrogen-bond acceptors (Lipinski definition) is 3. The van der Waals surface area contributed by atoms with Crippen LogP contribution in [0.4, 0.5) is 4.39 Å². The van der Waals surface area contributed by atoms with Crippen LogP contribution < -0.4 is 4.74 Å². The molecule has 0 bridgehead atoms. The van der Waals surface area contributed by atoms with Gasteiger partial charge in [0.15, 0.2) is 11.5 Å². The summed E-state index contributed by atoms with van der Waals surface area (Å²) in [5.74, 6) is -1.65. The number of benzene rings is 1. The molecule has 0 saturated heterocycles. The van der Waals surface area contributed by atoms with Crippen molar-refractivity contribution in [3.63, 3.8) is 0 Å². The van der Waals surface area contributed by atoms with Gasteiger partial charge in [-0.15, -0.1) is 0 Å². The molecule has 5 nitrogen and oxygen atoms in total.